The molecule has 0 aliphatic heterocycles. The van der Waals surface area contributed by atoms with Crippen LogP contribution in [0.25, 0.3) is 5.65 Å². The number of hydrogen-bond acceptors (Lipinski definition) is 3. The topological polar surface area (TPSA) is 50.4 Å². The highest BCUT2D eigenvalue weighted by atomic mass is 16.3. The fourth-order valence-electron chi connectivity index (χ4n) is 2.15. The van der Waals surface area contributed by atoms with Crippen LogP contribution in [0.15, 0.2) is 24.7 Å². The predicted molar refractivity (Wildman–Crippen MR) is 55.6 cm³/mol. The third-order valence-corrected chi connectivity index (χ3v) is 3.41. The van der Waals surface area contributed by atoms with Crippen LogP contribution >= 0.6 is 0 Å². The van der Waals surface area contributed by atoms with Crippen LogP contribution < -0.4 is 0 Å². The average Bonchev–Trinajstić information content (AvgIpc) is 2.91. The third kappa shape index (κ3) is 1.18. The Morgan fingerprint density at radius 1 is 1.53 bits per heavy atom. The molecule has 0 bridgehead atoms. The summed E-state index contributed by atoms with van der Waals surface area (Å²) in [6.07, 6.45) is 7.33. The molecular formula is C11H13N3O. The van der Waals surface area contributed by atoms with Crippen LogP contribution in [-0.4, -0.2) is 25.8 Å². The third-order valence-electron chi connectivity index (χ3n) is 3.41. The zero-order valence-corrected chi connectivity index (χ0v) is 8.59. The summed E-state index contributed by atoms with van der Waals surface area (Å²) in [5, 5.41) is 13.9. The van der Waals surface area contributed by atoms with Gasteiger partial charge < -0.3 is 5.11 Å². The Labute approximate surface area is 87.6 Å². The summed E-state index contributed by atoms with van der Waals surface area (Å²) in [6, 6.07) is 1.87. The van der Waals surface area contributed by atoms with Crippen molar-refractivity contribution in [2.24, 2.45) is 0 Å². The smallest absolute Gasteiger partial charge is 0.154 e. The first-order valence-corrected chi connectivity index (χ1v) is 5.20. The summed E-state index contributed by atoms with van der Waals surface area (Å²) < 4.78 is 1.76. The molecule has 2 aromatic rings. The first kappa shape index (κ1) is 8.85. The molecule has 0 radical (unpaired) electrons. The van der Waals surface area contributed by atoms with E-state index in [0.717, 1.165) is 24.1 Å². The van der Waals surface area contributed by atoms with E-state index >= 15 is 0 Å². The van der Waals surface area contributed by atoms with Crippen LogP contribution in [0.3, 0.4) is 0 Å². The van der Waals surface area contributed by atoms with E-state index in [2.05, 4.69) is 10.1 Å². The molecule has 1 fully saturated rings. The Balaban J connectivity index is 2.11. The molecule has 2 aromatic heterocycles. The Morgan fingerprint density at radius 3 is 3.00 bits per heavy atom. The summed E-state index contributed by atoms with van der Waals surface area (Å²) in [4.78, 5) is 4.32. The minimum atomic E-state index is -0.313. The maximum absolute atomic E-state index is 9.76. The van der Waals surface area contributed by atoms with Crippen molar-refractivity contribution in [2.75, 3.05) is 0 Å². The molecule has 1 unspecified atom stereocenters. The molecule has 1 aliphatic carbocycles. The summed E-state index contributed by atoms with van der Waals surface area (Å²) in [5.74, 6) is 0. The second-order valence-corrected chi connectivity index (χ2v) is 4.31. The first-order valence-electron chi connectivity index (χ1n) is 5.20. The highest BCUT2D eigenvalue weighted by molar-refractivity contribution is 5.39. The van der Waals surface area contributed by atoms with Crippen molar-refractivity contribution in [1.82, 2.24) is 14.6 Å². The van der Waals surface area contributed by atoms with Gasteiger partial charge in [0, 0.05) is 23.9 Å². The Hall–Kier alpha value is -1.42. The number of hydrogen-bond donors (Lipinski definition) is 1. The maximum Gasteiger partial charge on any atom is 0.154 e. The van der Waals surface area contributed by atoms with E-state index in [-0.39, 0.29) is 11.5 Å². The van der Waals surface area contributed by atoms with Gasteiger partial charge in [0.1, 0.15) is 0 Å². The molecule has 0 aromatic carbocycles. The van der Waals surface area contributed by atoms with Crippen molar-refractivity contribution >= 4 is 5.65 Å². The van der Waals surface area contributed by atoms with Crippen LogP contribution in [-0.2, 0) is 5.41 Å². The lowest BCUT2D eigenvalue weighted by molar-refractivity contribution is 0.150. The monoisotopic (exact) mass is 203 g/mol. The molecular weight excluding hydrogens is 190 g/mol. The quantitative estimate of drug-likeness (QED) is 0.796. The van der Waals surface area contributed by atoms with Crippen LogP contribution in [0.4, 0.5) is 0 Å². The lowest BCUT2D eigenvalue weighted by Gasteiger charge is -2.18. The summed E-state index contributed by atoms with van der Waals surface area (Å²) >= 11 is 0. The molecule has 0 spiro atoms. The van der Waals surface area contributed by atoms with Gasteiger partial charge in [-0.05, 0) is 25.3 Å². The Morgan fingerprint density at radius 2 is 2.33 bits per heavy atom. The summed E-state index contributed by atoms with van der Waals surface area (Å²) in [7, 11) is 0. The molecule has 0 amide bonds. The Kier molecular flexibility index (Phi) is 1.65. The highest BCUT2D eigenvalue weighted by Crippen LogP contribution is 2.50. The van der Waals surface area contributed by atoms with Crippen LogP contribution in [0.5, 0.6) is 0 Å². The minimum Gasteiger partial charge on any atom is -0.392 e. The zero-order chi connectivity index (χ0) is 10.5. The van der Waals surface area contributed by atoms with E-state index in [0.29, 0.717) is 0 Å². The number of rotatable bonds is 2. The number of aromatic nitrogens is 3. The highest BCUT2D eigenvalue weighted by Gasteiger charge is 2.48. The van der Waals surface area contributed by atoms with Gasteiger partial charge in [-0.1, -0.05) is 0 Å². The molecule has 1 atom stereocenters. The lowest BCUT2D eigenvalue weighted by atomic mass is 9.93. The van der Waals surface area contributed by atoms with Gasteiger partial charge in [0.25, 0.3) is 0 Å². The van der Waals surface area contributed by atoms with Crippen molar-refractivity contribution in [3.05, 3.63) is 30.2 Å². The van der Waals surface area contributed by atoms with Gasteiger partial charge in [-0.15, -0.1) is 0 Å². The fourth-order valence-corrected chi connectivity index (χ4v) is 2.15. The van der Waals surface area contributed by atoms with E-state index in [4.69, 9.17) is 0 Å². The van der Waals surface area contributed by atoms with Crippen LogP contribution in [0.1, 0.15) is 25.3 Å². The summed E-state index contributed by atoms with van der Waals surface area (Å²) in [6.45, 7) is 1.85. The van der Waals surface area contributed by atoms with E-state index in [1.807, 2.05) is 25.4 Å². The van der Waals surface area contributed by atoms with Crippen LogP contribution in [0, 0.1) is 0 Å². The molecule has 3 rings (SSSR count). The average molecular weight is 203 g/mol. The van der Waals surface area contributed by atoms with Gasteiger partial charge in [0.05, 0.1) is 12.3 Å². The van der Waals surface area contributed by atoms with Gasteiger partial charge in [-0.25, -0.2) is 9.50 Å². The van der Waals surface area contributed by atoms with Crippen molar-refractivity contribution < 1.29 is 5.11 Å². The molecule has 78 valence electrons. The number of aliphatic hydroxyl groups excluding tert-OH is 1. The molecule has 1 N–H and O–H groups in total. The number of fused-ring (bicyclic) bond motifs is 1. The standard InChI is InChI=1S/C11H13N3O/c1-8(15)11(3-4-11)9-6-12-10-2-5-13-14(10)7-9/h2,5-8,15H,3-4H2,1H3. The zero-order valence-electron chi connectivity index (χ0n) is 8.59. The molecule has 0 saturated heterocycles. The molecule has 4 nitrogen and oxygen atoms in total. The van der Waals surface area contributed by atoms with Crippen LogP contribution in [0.2, 0.25) is 0 Å². The van der Waals surface area contributed by atoms with Gasteiger partial charge in [0.2, 0.25) is 0 Å². The van der Waals surface area contributed by atoms with Crippen molar-refractivity contribution in [3.63, 3.8) is 0 Å². The summed E-state index contributed by atoms with van der Waals surface area (Å²) in [5.41, 5.74) is 1.88. The molecule has 15 heavy (non-hydrogen) atoms. The number of aliphatic hydroxyl groups is 1. The van der Waals surface area contributed by atoms with E-state index in [1.165, 1.54) is 0 Å². The molecule has 4 heteroatoms. The predicted octanol–water partition coefficient (Wildman–Crippen LogP) is 1.14. The maximum atomic E-state index is 9.76. The van der Waals surface area contributed by atoms with Gasteiger partial charge >= 0.3 is 0 Å². The largest absolute Gasteiger partial charge is 0.392 e. The van der Waals surface area contributed by atoms with E-state index in [1.54, 1.807) is 10.7 Å². The van der Waals surface area contributed by atoms with Crippen molar-refractivity contribution in [2.45, 2.75) is 31.3 Å². The van der Waals surface area contributed by atoms with E-state index < -0.39 is 0 Å². The minimum absolute atomic E-state index is 0.0624. The Bertz CT molecular complexity index is 499. The van der Waals surface area contributed by atoms with Gasteiger partial charge in [-0.3, -0.25) is 0 Å². The van der Waals surface area contributed by atoms with Gasteiger partial charge in [0.15, 0.2) is 5.65 Å². The van der Waals surface area contributed by atoms with Crippen molar-refractivity contribution in [1.29, 1.82) is 0 Å². The first-order chi connectivity index (χ1) is 7.22. The lowest BCUT2D eigenvalue weighted by Crippen LogP contribution is -2.23. The molecule has 1 saturated carbocycles. The normalized spacial score (nSPS) is 20.4. The SMILES string of the molecule is CC(O)C1(c2cnc3ccnn3c2)CC1. The second kappa shape index (κ2) is 2.79. The van der Waals surface area contributed by atoms with Crippen molar-refractivity contribution in [3.8, 4) is 0 Å². The molecule has 1 aliphatic rings. The van der Waals surface area contributed by atoms with E-state index in [9.17, 15) is 5.11 Å². The molecule has 2 heterocycles. The number of nitrogens with zero attached hydrogens (tertiary/aromatic N) is 3. The fraction of sp³-hybridized carbons (Fsp3) is 0.455. The van der Waals surface area contributed by atoms with Gasteiger partial charge in [-0.2, -0.15) is 5.10 Å². The second-order valence-electron chi connectivity index (χ2n) is 4.31.